The van der Waals surface area contributed by atoms with E-state index < -0.39 is 17.6 Å². The second-order valence-electron chi connectivity index (χ2n) is 8.55. The van der Waals surface area contributed by atoms with Gasteiger partial charge < -0.3 is 31.2 Å². The van der Waals surface area contributed by atoms with E-state index in [1.807, 2.05) is 20.8 Å². The van der Waals surface area contributed by atoms with Crippen LogP contribution in [0.3, 0.4) is 0 Å². The lowest BCUT2D eigenvalue weighted by molar-refractivity contribution is -0.123. The molecule has 34 heavy (non-hydrogen) atoms. The van der Waals surface area contributed by atoms with Crippen LogP contribution in [0.15, 0.2) is 42.6 Å². The summed E-state index contributed by atoms with van der Waals surface area (Å²) in [6.45, 7) is 6.25. The molecule has 184 valence electrons. The van der Waals surface area contributed by atoms with Crippen LogP contribution in [0, 0.1) is 0 Å². The zero-order valence-corrected chi connectivity index (χ0v) is 19.8. The number of amides is 3. The van der Waals surface area contributed by atoms with Crippen molar-refractivity contribution in [2.24, 2.45) is 0 Å². The van der Waals surface area contributed by atoms with Gasteiger partial charge in [-0.05, 0) is 70.4 Å². The van der Waals surface area contributed by atoms with Gasteiger partial charge in [-0.1, -0.05) is 6.07 Å². The van der Waals surface area contributed by atoms with E-state index in [-0.39, 0.29) is 23.8 Å². The number of carbonyl (C=O) groups is 3. The SMILES string of the molecule is CC(C)(C)OC(=O)NCCCCCNC(=O)COc1ccc(N)c(C(=O)Nc2ccccn2)c1. The van der Waals surface area contributed by atoms with Crippen molar-refractivity contribution in [2.75, 3.05) is 30.7 Å². The summed E-state index contributed by atoms with van der Waals surface area (Å²) in [4.78, 5) is 40.1. The quantitative estimate of drug-likeness (QED) is 0.291. The number of unbranched alkanes of at least 4 members (excludes halogenated alkanes) is 2. The van der Waals surface area contributed by atoms with Crippen molar-refractivity contribution >= 4 is 29.4 Å². The van der Waals surface area contributed by atoms with Crippen molar-refractivity contribution in [1.29, 1.82) is 0 Å². The first-order chi connectivity index (χ1) is 16.1. The van der Waals surface area contributed by atoms with Crippen LogP contribution in [0.1, 0.15) is 50.4 Å². The lowest BCUT2D eigenvalue weighted by Gasteiger charge is -2.19. The van der Waals surface area contributed by atoms with E-state index >= 15 is 0 Å². The molecule has 2 rings (SSSR count). The van der Waals surface area contributed by atoms with E-state index in [1.54, 1.807) is 36.5 Å². The van der Waals surface area contributed by atoms with Crippen molar-refractivity contribution in [3.63, 3.8) is 0 Å². The number of benzene rings is 1. The summed E-state index contributed by atoms with van der Waals surface area (Å²) in [5, 5.41) is 8.14. The summed E-state index contributed by atoms with van der Waals surface area (Å²) in [6, 6.07) is 9.79. The Morgan fingerprint density at radius 3 is 2.41 bits per heavy atom. The molecular formula is C24H33N5O5. The summed E-state index contributed by atoms with van der Waals surface area (Å²) >= 11 is 0. The van der Waals surface area contributed by atoms with Crippen LogP contribution >= 0.6 is 0 Å². The molecule has 3 amide bonds. The van der Waals surface area contributed by atoms with Crippen LogP contribution in [0.2, 0.25) is 0 Å². The van der Waals surface area contributed by atoms with Crippen LogP contribution in [-0.2, 0) is 9.53 Å². The number of nitrogens with two attached hydrogens (primary N) is 1. The van der Waals surface area contributed by atoms with E-state index in [4.69, 9.17) is 15.2 Å². The van der Waals surface area contributed by atoms with Crippen molar-refractivity contribution in [1.82, 2.24) is 15.6 Å². The molecule has 10 nitrogen and oxygen atoms in total. The lowest BCUT2D eigenvalue weighted by atomic mass is 10.1. The molecule has 2 aromatic rings. The predicted octanol–water partition coefficient (Wildman–Crippen LogP) is 3.11. The van der Waals surface area contributed by atoms with Crippen LogP contribution < -0.4 is 26.4 Å². The molecule has 10 heteroatoms. The van der Waals surface area contributed by atoms with Gasteiger partial charge in [0.2, 0.25) is 0 Å². The summed E-state index contributed by atoms with van der Waals surface area (Å²) in [5.74, 6) is 0.0532. The largest absolute Gasteiger partial charge is 0.484 e. The van der Waals surface area contributed by atoms with Gasteiger partial charge in [-0.25, -0.2) is 9.78 Å². The minimum atomic E-state index is -0.517. The molecule has 0 fully saturated rings. The fourth-order valence-corrected chi connectivity index (χ4v) is 2.80. The molecule has 0 saturated heterocycles. The van der Waals surface area contributed by atoms with Gasteiger partial charge in [0.15, 0.2) is 6.61 Å². The number of alkyl carbamates (subject to hydrolysis) is 1. The van der Waals surface area contributed by atoms with Gasteiger partial charge in [0.05, 0.1) is 5.56 Å². The van der Waals surface area contributed by atoms with Crippen molar-refractivity contribution in [3.8, 4) is 5.75 Å². The smallest absolute Gasteiger partial charge is 0.407 e. The van der Waals surface area contributed by atoms with E-state index in [1.165, 1.54) is 6.07 Å². The normalized spacial score (nSPS) is 10.8. The highest BCUT2D eigenvalue weighted by atomic mass is 16.6. The van der Waals surface area contributed by atoms with Gasteiger partial charge in [-0.2, -0.15) is 0 Å². The number of nitrogens with one attached hydrogen (secondary N) is 3. The Bertz CT molecular complexity index is 960. The van der Waals surface area contributed by atoms with Crippen LogP contribution in [0.4, 0.5) is 16.3 Å². The number of rotatable bonds is 11. The Labute approximate surface area is 199 Å². The highest BCUT2D eigenvalue weighted by molar-refractivity contribution is 6.07. The van der Waals surface area contributed by atoms with Gasteiger partial charge >= 0.3 is 6.09 Å². The maximum atomic E-state index is 12.5. The summed E-state index contributed by atoms with van der Waals surface area (Å²) in [6.07, 6.45) is 3.52. The third-order valence-electron chi connectivity index (χ3n) is 4.39. The average molecular weight is 472 g/mol. The number of aromatic nitrogens is 1. The molecule has 1 aromatic carbocycles. The molecule has 1 heterocycles. The topological polar surface area (TPSA) is 145 Å². The molecule has 0 aliphatic carbocycles. The lowest BCUT2D eigenvalue weighted by Crippen LogP contribution is -2.33. The zero-order valence-electron chi connectivity index (χ0n) is 19.8. The molecule has 0 aliphatic heterocycles. The monoisotopic (exact) mass is 471 g/mol. The standard InChI is InChI=1S/C24H33N5O5/c1-24(2,3)34-23(32)28-14-7-4-6-13-27-21(30)16-33-17-10-11-19(25)18(15-17)22(31)29-20-9-5-8-12-26-20/h5,8-12,15H,4,6-7,13-14,16,25H2,1-3H3,(H,27,30)(H,28,32)(H,26,29,31). The molecule has 0 radical (unpaired) electrons. The van der Waals surface area contributed by atoms with E-state index in [2.05, 4.69) is 20.9 Å². The summed E-state index contributed by atoms with van der Waals surface area (Å²) in [7, 11) is 0. The Balaban J connectivity index is 1.66. The third kappa shape index (κ3) is 10.2. The number of carbonyl (C=O) groups excluding carboxylic acids is 3. The summed E-state index contributed by atoms with van der Waals surface area (Å²) < 4.78 is 10.7. The minimum Gasteiger partial charge on any atom is -0.484 e. The fraction of sp³-hybridized carbons (Fsp3) is 0.417. The molecule has 5 N–H and O–H groups in total. The number of pyridine rings is 1. The van der Waals surface area contributed by atoms with E-state index in [0.29, 0.717) is 24.7 Å². The number of nitrogen functional groups attached to an aromatic ring is 1. The van der Waals surface area contributed by atoms with Crippen LogP contribution in [-0.4, -0.2) is 48.2 Å². The van der Waals surface area contributed by atoms with Crippen LogP contribution in [0.5, 0.6) is 5.75 Å². The second-order valence-corrected chi connectivity index (χ2v) is 8.55. The molecule has 0 bridgehead atoms. The fourth-order valence-electron chi connectivity index (χ4n) is 2.80. The molecule has 0 spiro atoms. The number of anilines is 2. The molecule has 1 aromatic heterocycles. The van der Waals surface area contributed by atoms with Gasteiger partial charge in [-0.15, -0.1) is 0 Å². The van der Waals surface area contributed by atoms with Gasteiger partial charge in [0.25, 0.3) is 11.8 Å². The maximum Gasteiger partial charge on any atom is 0.407 e. The molecule has 0 aliphatic rings. The first-order valence-electron chi connectivity index (χ1n) is 11.1. The second kappa shape index (κ2) is 13.0. The molecule has 0 saturated carbocycles. The van der Waals surface area contributed by atoms with E-state index in [0.717, 1.165) is 19.3 Å². The predicted molar refractivity (Wildman–Crippen MR) is 130 cm³/mol. The van der Waals surface area contributed by atoms with Crippen LogP contribution in [0.25, 0.3) is 0 Å². The number of ether oxygens (including phenoxy) is 2. The van der Waals surface area contributed by atoms with Gasteiger partial charge in [0, 0.05) is 25.0 Å². The highest BCUT2D eigenvalue weighted by Crippen LogP contribution is 2.21. The first kappa shape index (κ1) is 26.4. The van der Waals surface area contributed by atoms with Gasteiger partial charge in [0.1, 0.15) is 17.2 Å². The van der Waals surface area contributed by atoms with Gasteiger partial charge in [-0.3, -0.25) is 9.59 Å². The van der Waals surface area contributed by atoms with E-state index in [9.17, 15) is 14.4 Å². The zero-order chi connectivity index (χ0) is 25.0. The Hall–Kier alpha value is -3.82. The molecular weight excluding hydrogens is 438 g/mol. The Morgan fingerprint density at radius 2 is 1.74 bits per heavy atom. The Kier molecular flexibility index (Phi) is 10.1. The number of nitrogens with zero attached hydrogens (tertiary/aromatic N) is 1. The summed E-state index contributed by atoms with van der Waals surface area (Å²) in [5.41, 5.74) is 5.90. The minimum absolute atomic E-state index is 0.189. The number of hydrogen-bond donors (Lipinski definition) is 4. The number of hydrogen-bond acceptors (Lipinski definition) is 7. The molecule has 0 atom stereocenters. The van der Waals surface area contributed by atoms with Crippen molar-refractivity contribution in [2.45, 2.75) is 45.6 Å². The van der Waals surface area contributed by atoms with Crippen molar-refractivity contribution < 1.29 is 23.9 Å². The Morgan fingerprint density at radius 1 is 1.00 bits per heavy atom. The highest BCUT2D eigenvalue weighted by Gasteiger charge is 2.15. The third-order valence-corrected chi connectivity index (χ3v) is 4.39. The van der Waals surface area contributed by atoms with Crippen molar-refractivity contribution in [3.05, 3.63) is 48.2 Å². The molecule has 0 unspecified atom stereocenters. The maximum absolute atomic E-state index is 12.5. The first-order valence-corrected chi connectivity index (χ1v) is 11.1. The average Bonchev–Trinajstić information content (AvgIpc) is 2.77.